The van der Waals surface area contributed by atoms with Crippen LogP contribution in [-0.2, 0) is 9.84 Å². The Morgan fingerprint density at radius 2 is 1.85 bits per heavy atom. The Hall–Kier alpha value is -0.890. The fraction of sp³-hybridized carbons (Fsp3) is 0.562. The Labute approximate surface area is 169 Å². The Balaban J connectivity index is 1.76. The number of rotatable bonds is 8. The maximum absolute atomic E-state index is 11.5. The third-order valence-electron chi connectivity index (χ3n) is 3.98. The number of benzene rings is 1. The summed E-state index contributed by atoms with van der Waals surface area (Å²) < 4.78 is 28.6. The number of halogens is 3. The number of ether oxygens (including phenoxy) is 1. The molecule has 0 saturated heterocycles. The van der Waals surface area contributed by atoms with Gasteiger partial charge in [0.25, 0.3) is 0 Å². The molecule has 146 valence electrons. The molecule has 0 unspecified atom stereocenters. The minimum atomic E-state index is -2.99. The van der Waals surface area contributed by atoms with E-state index in [0.29, 0.717) is 46.5 Å². The van der Waals surface area contributed by atoms with Gasteiger partial charge in [0.05, 0.1) is 22.3 Å². The summed E-state index contributed by atoms with van der Waals surface area (Å²) in [5.74, 6) is 1.16. The molecule has 0 spiro atoms. The highest BCUT2D eigenvalue weighted by molar-refractivity contribution is 7.90. The summed E-state index contributed by atoms with van der Waals surface area (Å²) in [4.78, 5) is 4.13. The van der Waals surface area contributed by atoms with E-state index in [1.54, 1.807) is 19.2 Å². The molecule has 2 rings (SSSR count). The molecule has 1 aliphatic carbocycles. The quantitative estimate of drug-likeness (QED) is 0.367. The van der Waals surface area contributed by atoms with E-state index in [4.69, 9.17) is 39.5 Å². The fourth-order valence-electron chi connectivity index (χ4n) is 2.59. The van der Waals surface area contributed by atoms with Crippen LogP contribution in [0.4, 0.5) is 0 Å². The Bertz CT molecular complexity index is 757. The smallest absolute Gasteiger partial charge is 0.191 e. The normalized spacial score (nSPS) is 16.3. The van der Waals surface area contributed by atoms with Gasteiger partial charge in [0.15, 0.2) is 11.7 Å². The lowest BCUT2D eigenvalue weighted by atomic mass is 10.1. The van der Waals surface area contributed by atoms with Crippen molar-refractivity contribution in [2.75, 3.05) is 38.8 Å². The molecule has 0 heterocycles. The minimum Gasteiger partial charge on any atom is -0.489 e. The summed E-state index contributed by atoms with van der Waals surface area (Å²) in [5.41, 5.74) is -0.175. The molecule has 0 aromatic heterocycles. The van der Waals surface area contributed by atoms with Crippen LogP contribution in [0.1, 0.15) is 12.8 Å². The van der Waals surface area contributed by atoms with Crippen molar-refractivity contribution >= 4 is 50.6 Å². The molecule has 26 heavy (non-hydrogen) atoms. The first kappa shape index (κ1) is 21.4. The Kier molecular flexibility index (Phi) is 7.30. The molecular weight excluding hydrogens is 421 g/mol. The van der Waals surface area contributed by atoms with Crippen LogP contribution >= 0.6 is 34.8 Å². The van der Waals surface area contributed by atoms with Crippen molar-refractivity contribution in [2.45, 2.75) is 12.8 Å². The van der Waals surface area contributed by atoms with Gasteiger partial charge >= 0.3 is 0 Å². The summed E-state index contributed by atoms with van der Waals surface area (Å²) >= 11 is 18.0. The average molecular weight is 443 g/mol. The molecule has 0 atom stereocenters. The summed E-state index contributed by atoms with van der Waals surface area (Å²) in [5, 5.41) is 7.42. The highest BCUT2D eigenvalue weighted by Gasteiger charge is 2.45. The molecule has 0 bridgehead atoms. The maximum Gasteiger partial charge on any atom is 0.191 e. The molecule has 1 fully saturated rings. The van der Waals surface area contributed by atoms with E-state index in [-0.39, 0.29) is 11.2 Å². The summed E-state index contributed by atoms with van der Waals surface area (Å²) in [6.07, 6.45) is 3.08. The van der Waals surface area contributed by atoms with Crippen molar-refractivity contribution in [3.63, 3.8) is 0 Å². The molecule has 1 aromatic carbocycles. The van der Waals surface area contributed by atoms with E-state index in [1.807, 2.05) is 0 Å². The number of nitrogens with zero attached hydrogens (tertiary/aromatic N) is 1. The van der Waals surface area contributed by atoms with Crippen LogP contribution in [0, 0.1) is 5.41 Å². The van der Waals surface area contributed by atoms with E-state index < -0.39 is 9.84 Å². The van der Waals surface area contributed by atoms with Gasteiger partial charge in [-0.15, -0.1) is 0 Å². The van der Waals surface area contributed by atoms with Crippen molar-refractivity contribution < 1.29 is 13.2 Å². The first-order chi connectivity index (χ1) is 12.1. The van der Waals surface area contributed by atoms with Crippen LogP contribution < -0.4 is 15.4 Å². The highest BCUT2D eigenvalue weighted by atomic mass is 35.5. The van der Waals surface area contributed by atoms with Crippen LogP contribution in [0.3, 0.4) is 0 Å². The summed E-state index contributed by atoms with van der Waals surface area (Å²) in [6.45, 7) is 1.35. The Morgan fingerprint density at radius 3 is 2.35 bits per heavy atom. The van der Waals surface area contributed by atoms with E-state index in [1.165, 1.54) is 6.26 Å². The standard InChI is InChI=1S/C16H22Cl3N3O3S/c1-20-15(22-9-16(3-4-16)10-26(2,23)24)21-5-6-25-14-12(18)7-11(17)8-13(14)19/h7-8H,3-6,9-10H2,1-2H3,(H2,20,21,22). The predicted octanol–water partition coefficient (Wildman–Crippen LogP) is 3.02. The lowest BCUT2D eigenvalue weighted by Crippen LogP contribution is -2.42. The van der Waals surface area contributed by atoms with Gasteiger partial charge in [-0.05, 0) is 25.0 Å². The van der Waals surface area contributed by atoms with E-state index in [0.717, 1.165) is 12.8 Å². The van der Waals surface area contributed by atoms with Gasteiger partial charge in [-0.1, -0.05) is 34.8 Å². The number of guanidine groups is 1. The molecule has 1 aromatic rings. The monoisotopic (exact) mass is 441 g/mol. The second-order valence-electron chi connectivity index (χ2n) is 6.47. The SMILES string of the molecule is CN=C(NCCOc1c(Cl)cc(Cl)cc1Cl)NCC1(CS(C)(=O)=O)CC1. The van der Waals surface area contributed by atoms with E-state index in [2.05, 4.69) is 15.6 Å². The second-order valence-corrected chi connectivity index (χ2v) is 9.86. The predicted molar refractivity (Wildman–Crippen MR) is 108 cm³/mol. The number of hydrogen-bond acceptors (Lipinski definition) is 4. The fourth-order valence-corrected chi connectivity index (χ4v) is 5.02. The van der Waals surface area contributed by atoms with Crippen LogP contribution in [-0.4, -0.2) is 53.1 Å². The van der Waals surface area contributed by atoms with Gasteiger partial charge in [0.1, 0.15) is 16.4 Å². The van der Waals surface area contributed by atoms with E-state index >= 15 is 0 Å². The van der Waals surface area contributed by atoms with Gasteiger partial charge in [0, 0.05) is 30.3 Å². The third-order valence-corrected chi connectivity index (χ3v) is 5.90. The molecule has 10 heteroatoms. The first-order valence-electron chi connectivity index (χ1n) is 8.04. The molecule has 6 nitrogen and oxygen atoms in total. The second kappa shape index (κ2) is 8.87. The van der Waals surface area contributed by atoms with Crippen LogP contribution in [0.5, 0.6) is 5.75 Å². The number of aliphatic imine (C=N–C) groups is 1. The zero-order chi connectivity index (χ0) is 19.4. The summed E-state index contributed by atoms with van der Waals surface area (Å²) in [7, 11) is -1.34. The minimum absolute atomic E-state index is 0.175. The number of sulfone groups is 1. The average Bonchev–Trinajstić information content (AvgIpc) is 3.26. The zero-order valence-corrected chi connectivity index (χ0v) is 17.7. The molecule has 2 N–H and O–H groups in total. The van der Waals surface area contributed by atoms with Gasteiger partial charge in [-0.3, -0.25) is 4.99 Å². The molecule has 0 aliphatic heterocycles. The van der Waals surface area contributed by atoms with Gasteiger partial charge in [-0.25, -0.2) is 8.42 Å². The zero-order valence-electron chi connectivity index (χ0n) is 14.6. The maximum atomic E-state index is 11.5. The van der Waals surface area contributed by atoms with Gasteiger partial charge in [-0.2, -0.15) is 0 Å². The lowest BCUT2D eigenvalue weighted by molar-refractivity contribution is 0.322. The van der Waals surface area contributed by atoms with Crippen molar-refractivity contribution in [1.82, 2.24) is 10.6 Å². The van der Waals surface area contributed by atoms with Crippen molar-refractivity contribution in [3.05, 3.63) is 27.2 Å². The molecule has 0 radical (unpaired) electrons. The topological polar surface area (TPSA) is 79.8 Å². The molecule has 1 saturated carbocycles. The highest BCUT2D eigenvalue weighted by Crippen LogP contribution is 2.46. The van der Waals surface area contributed by atoms with Crippen molar-refractivity contribution in [2.24, 2.45) is 10.4 Å². The lowest BCUT2D eigenvalue weighted by Gasteiger charge is -2.18. The third kappa shape index (κ3) is 6.68. The van der Waals surface area contributed by atoms with Gasteiger partial charge in [0.2, 0.25) is 0 Å². The number of nitrogens with one attached hydrogen (secondary N) is 2. The van der Waals surface area contributed by atoms with Gasteiger partial charge < -0.3 is 15.4 Å². The van der Waals surface area contributed by atoms with Crippen LogP contribution in [0.25, 0.3) is 0 Å². The van der Waals surface area contributed by atoms with Crippen molar-refractivity contribution in [3.8, 4) is 5.75 Å². The van der Waals surface area contributed by atoms with Crippen molar-refractivity contribution in [1.29, 1.82) is 0 Å². The largest absolute Gasteiger partial charge is 0.489 e. The molecular formula is C16H22Cl3N3O3S. The Morgan fingerprint density at radius 1 is 1.23 bits per heavy atom. The molecule has 1 aliphatic rings. The summed E-state index contributed by atoms with van der Waals surface area (Å²) in [6, 6.07) is 3.13. The van der Waals surface area contributed by atoms with E-state index in [9.17, 15) is 8.42 Å². The first-order valence-corrected chi connectivity index (χ1v) is 11.2. The molecule has 0 amide bonds. The number of hydrogen-bond donors (Lipinski definition) is 2. The van der Waals surface area contributed by atoms with Crippen LogP contribution in [0.15, 0.2) is 17.1 Å². The van der Waals surface area contributed by atoms with Crippen LogP contribution in [0.2, 0.25) is 15.1 Å².